The highest BCUT2D eigenvalue weighted by atomic mass is 79.9. The summed E-state index contributed by atoms with van der Waals surface area (Å²) < 4.78 is 16.3. The van der Waals surface area contributed by atoms with Crippen LogP contribution in [0, 0.1) is 5.82 Å². The first kappa shape index (κ1) is 14.7. The van der Waals surface area contributed by atoms with Crippen LogP contribution < -0.4 is 0 Å². The Labute approximate surface area is 131 Å². The van der Waals surface area contributed by atoms with Crippen molar-refractivity contribution < 1.29 is 9.50 Å². The minimum absolute atomic E-state index is 0.305. The minimum Gasteiger partial charge on any atom is -0.388 e. The second kappa shape index (κ2) is 6.28. The Hall–Kier alpha value is -1.20. The van der Waals surface area contributed by atoms with Crippen LogP contribution in [0.4, 0.5) is 4.39 Å². The second-order valence-electron chi connectivity index (χ2n) is 5.59. The van der Waals surface area contributed by atoms with Gasteiger partial charge in [0.1, 0.15) is 5.82 Å². The standard InChI is InChI=1S/C16H18BrFN2O/c17-14-7-3-6-13(16(14)18)15(21)10-11-8-9-20(19-11)12-4-1-2-5-12/h3,6-9,12,15,21H,1-2,4-5,10H2. The Morgan fingerprint density at radius 3 is 2.86 bits per heavy atom. The van der Waals surface area contributed by atoms with Crippen LogP contribution in [-0.4, -0.2) is 14.9 Å². The summed E-state index contributed by atoms with van der Waals surface area (Å²) in [6, 6.07) is 7.36. The average molecular weight is 353 g/mol. The van der Waals surface area contributed by atoms with Crippen LogP contribution in [0.1, 0.15) is 49.1 Å². The summed E-state index contributed by atoms with van der Waals surface area (Å²) in [7, 11) is 0. The molecule has 1 heterocycles. The van der Waals surface area contributed by atoms with E-state index in [1.54, 1.807) is 18.2 Å². The molecule has 1 aromatic carbocycles. The maximum atomic E-state index is 14.0. The number of halogens is 2. The fraction of sp³-hybridized carbons (Fsp3) is 0.438. The molecule has 0 radical (unpaired) electrons. The predicted octanol–water partition coefficient (Wildman–Crippen LogP) is 4.18. The number of nitrogens with zero attached hydrogens (tertiary/aromatic N) is 2. The van der Waals surface area contributed by atoms with Crippen LogP contribution in [0.2, 0.25) is 0 Å². The quantitative estimate of drug-likeness (QED) is 0.896. The molecule has 1 aromatic heterocycles. The molecule has 5 heteroatoms. The number of aliphatic hydroxyl groups is 1. The van der Waals surface area contributed by atoms with Crippen molar-refractivity contribution in [1.29, 1.82) is 0 Å². The van der Waals surface area contributed by atoms with Crippen molar-refractivity contribution in [3.05, 3.63) is 52.0 Å². The zero-order valence-corrected chi connectivity index (χ0v) is 13.3. The molecule has 0 bridgehead atoms. The Bertz CT molecular complexity index is 622. The molecule has 0 spiro atoms. The third kappa shape index (κ3) is 3.19. The van der Waals surface area contributed by atoms with Gasteiger partial charge in [-0.05, 0) is 40.9 Å². The van der Waals surface area contributed by atoms with Crippen molar-refractivity contribution >= 4 is 15.9 Å². The summed E-state index contributed by atoms with van der Waals surface area (Å²) in [6.45, 7) is 0. The van der Waals surface area contributed by atoms with E-state index in [4.69, 9.17) is 0 Å². The van der Waals surface area contributed by atoms with Gasteiger partial charge in [-0.15, -0.1) is 0 Å². The Kier molecular flexibility index (Phi) is 4.40. The van der Waals surface area contributed by atoms with Crippen LogP contribution in [0.3, 0.4) is 0 Å². The smallest absolute Gasteiger partial charge is 0.143 e. The van der Waals surface area contributed by atoms with Crippen molar-refractivity contribution in [1.82, 2.24) is 9.78 Å². The van der Waals surface area contributed by atoms with Crippen LogP contribution in [-0.2, 0) is 6.42 Å². The third-order valence-electron chi connectivity index (χ3n) is 4.11. The number of aliphatic hydroxyl groups excluding tert-OH is 1. The maximum absolute atomic E-state index is 14.0. The molecule has 2 aromatic rings. The molecule has 1 unspecified atom stereocenters. The van der Waals surface area contributed by atoms with E-state index in [1.165, 1.54) is 25.7 Å². The first-order valence-corrected chi connectivity index (χ1v) is 8.10. The van der Waals surface area contributed by atoms with Gasteiger partial charge >= 0.3 is 0 Å². The normalized spacial score (nSPS) is 17.3. The van der Waals surface area contributed by atoms with Crippen molar-refractivity contribution in [2.24, 2.45) is 0 Å². The fourth-order valence-electron chi connectivity index (χ4n) is 2.94. The molecule has 112 valence electrons. The first-order valence-electron chi connectivity index (χ1n) is 7.31. The molecular weight excluding hydrogens is 335 g/mol. The van der Waals surface area contributed by atoms with Gasteiger partial charge in [0, 0.05) is 18.2 Å². The monoisotopic (exact) mass is 352 g/mol. The molecule has 1 atom stereocenters. The third-order valence-corrected chi connectivity index (χ3v) is 4.72. The number of benzene rings is 1. The average Bonchev–Trinajstić information content (AvgIpc) is 3.12. The van der Waals surface area contributed by atoms with Crippen molar-refractivity contribution in [2.75, 3.05) is 0 Å². The summed E-state index contributed by atoms with van der Waals surface area (Å²) in [5.41, 5.74) is 1.11. The molecule has 1 N–H and O–H groups in total. The predicted molar refractivity (Wildman–Crippen MR) is 82.5 cm³/mol. The van der Waals surface area contributed by atoms with Crippen molar-refractivity contribution in [3.63, 3.8) is 0 Å². The van der Waals surface area contributed by atoms with Gasteiger partial charge < -0.3 is 5.11 Å². The lowest BCUT2D eigenvalue weighted by atomic mass is 10.0. The largest absolute Gasteiger partial charge is 0.388 e. The molecule has 3 rings (SSSR count). The van der Waals surface area contributed by atoms with Crippen molar-refractivity contribution in [2.45, 2.75) is 44.2 Å². The fourth-order valence-corrected chi connectivity index (χ4v) is 3.33. The number of hydrogen-bond acceptors (Lipinski definition) is 2. The van der Waals surface area contributed by atoms with Crippen LogP contribution >= 0.6 is 15.9 Å². The van der Waals surface area contributed by atoms with E-state index in [1.807, 2.05) is 16.9 Å². The lowest BCUT2D eigenvalue weighted by Crippen LogP contribution is -2.08. The van der Waals surface area contributed by atoms with Crippen LogP contribution in [0.25, 0.3) is 0 Å². The van der Waals surface area contributed by atoms with Crippen LogP contribution in [0.15, 0.2) is 34.9 Å². The van der Waals surface area contributed by atoms with E-state index in [0.29, 0.717) is 22.5 Å². The second-order valence-corrected chi connectivity index (χ2v) is 6.44. The molecule has 3 nitrogen and oxygen atoms in total. The summed E-state index contributed by atoms with van der Waals surface area (Å²) in [6.07, 6.45) is 6.27. The molecular formula is C16H18BrFN2O. The van der Waals surface area contributed by atoms with Crippen LogP contribution in [0.5, 0.6) is 0 Å². The van der Waals surface area contributed by atoms with Gasteiger partial charge in [0.25, 0.3) is 0 Å². The summed E-state index contributed by atoms with van der Waals surface area (Å²) in [4.78, 5) is 0. The zero-order chi connectivity index (χ0) is 14.8. The highest BCUT2D eigenvalue weighted by Crippen LogP contribution is 2.30. The maximum Gasteiger partial charge on any atom is 0.143 e. The SMILES string of the molecule is OC(Cc1ccn(C2CCCC2)n1)c1cccc(Br)c1F. The molecule has 0 aliphatic heterocycles. The van der Waals surface area contributed by atoms with Gasteiger partial charge in [0.2, 0.25) is 0 Å². The lowest BCUT2D eigenvalue weighted by molar-refractivity contribution is 0.172. The Morgan fingerprint density at radius 2 is 2.10 bits per heavy atom. The number of aromatic nitrogens is 2. The van der Waals surface area contributed by atoms with E-state index >= 15 is 0 Å². The van der Waals surface area contributed by atoms with Gasteiger partial charge in [-0.2, -0.15) is 5.10 Å². The van der Waals surface area contributed by atoms with Gasteiger partial charge in [-0.3, -0.25) is 4.68 Å². The van der Waals surface area contributed by atoms with E-state index in [2.05, 4.69) is 21.0 Å². The topological polar surface area (TPSA) is 38.0 Å². The number of rotatable bonds is 4. The van der Waals surface area contributed by atoms with E-state index in [9.17, 15) is 9.50 Å². The first-order chi connectivity index (χ1) is 10.1. The molecule has 1 aliphatic carbocycles. The zero-order valence-electron chi connectivity index (χ0n) is 11.7. The van der Waals surface area contributed by atoms with E-state index in [-0.39, 0.29) is 0 Å². The highest BCUT2D eigenvalue weighted by Gasteiger charge is 2.20. The van der Waals surface area contributed by atoms with Gasteiger partial charge in [0.05, 0.1) is 22.3 Å². The molecule has 0 saturated heterocycles. The number of hydrogen-bond donors (Lipinski definition) is 1. The van der Waals surface area contributed by atoms with Gasteiger partial charge in [-0.1, -0.05) is 25.0 Å². The van der Waals surface area contributed by atoms with Gasteiger partial charge in [0.15, 0.2) is 0 Å². The summed E-state index contributed by atoms with van der Waals surface area (Å²) >= 11 is 3.14. The van der Waals surface area contributed by atoms with E-state index < -0.39 is 11.9 Å². The van der Waals surface area contributed by atoms with Gasteiger partial charge in [-0.25, -0.2) is 4.39 Å². The summed E-state index contributed by atoms with van der Waals surface area (Å²) in [5, 5.41) is 14.8. The summed E-state index contributed by atoms with van der Waals surface area (Å²) in [5.74, 6) is -0.403. The molecule has 0 amide bonds. The molecule has 21 heavy (non-hydrogen) atoms. The lowest BCUT2D eigenvalue weighted by Gasteiger charge is -2.12. The van der Waals surface area contributed by atoms with E-state index in [0.717, 1.165) is 5.69 Å². The Balaban J connectivity index is 1.72. The van der Waals surface area contributed by atoms with Crippen molar-refractivity contribution in [3.8, 4) is 0 Å². The molecule has 1 saturated carbocycles. The minimum atomic E-state index is -0.880. The Morgan fingerprint density at radius 1 is 1.33 bits per heavy atom. The highest BCUT2D eigenvalue weighted by molar-refractivity contribution is 9.10. The molecule has 1 fully saturated rings. The molecule has 1 aliphatic rings.